The number of nitrogens with two attached hydrogens (primary N) is 1. The molecular weight excluding hydrogens is 362 g/mol. The van der Waals surface area contributed by atoms with Gasteiger partial charge in [0.1, 0.15) is 0 Å². The lowest BCUT2D eigenvalue weighted by Gasteiger charge is -2.20. The van der Waals surface area contributed by atoms with Crippen LogP contribution in [0.15, 0.2) is 34.9 Å². The third-order valence-electron chi connectivity index (χ3n) is 2.66. The van der Waals surface area contributed by atoms with Crippen molar-refractivity contribution in [3.63, 3.8) is 0 Å². The van der Waals surface area contributed by atoms with Gasteiger partial charge in [0.05, 0.1) is 6.61 Å². The Morgan fingerprint density at radius 2 is 2.15 bits per heavy atom. The molecule has 7 heteroatoms. The Balaban J connectivity index is 0.00000200. The van der Waals surface area contributed by atoms with E-state index in [1.807, 2.05) is 12.1 Å². The molecule has 0 saturated carbocycles. The van der Waals surface area contributed by atoms with Gasteiger partial charge in [-0.1, -0.05) is 28.1 Å². The summed E-state index contributed by atoms with van der Waals surface area (Å²) in [6.45, 7) is 2.31. The van der Waals surface area contributed by atoms with Gasteiger partial charge in [-0.25, -0.2) is 4.98 Å². The first-order chi connectivity index (χ1) is 9.17. The molecule has 0 aliphatic carbocycles. The average Bonchev–Trinajstić information content (AvgIpc) is 2.75. The minimum Gasteiger partial charge on any atom is -0.395 e. The van der Waals surface area contributed by atoms with Gasteiger partial charge >= 0.3 is 0 Å². The smallest absolute Gasteiger partial charge is 0.180 e. The minimum absolute atomic E-state index is 0. The summed E-state index contributed by atoms with van der Waals surface area (Å²) in [4.78, 5) is 7.34. The maximum absolute atomic E-state index is 9.16. The predicted octanol–water partition coefficient (Wildman–Crippen LogP) is 2.90. The zero-order valence-electron chi connectivity index (χ0n) is 10.8. The van der Waals surface area contributed by atoms with Crippen LogP contribution in [0.2, 0.25) is 0 Å². The lowest BCUT2D eigenvalue weighted by molar-refractivity contribution is 0.185. The van der Waals surface area contributed by atoms with Gasteiger partial charge in [-0.3, -0.25) is 4.90 Å². The summed E-state index contributed by atoms with van der Waals surface area (Å²) in [5.74, 6) is 0. The Hall–Kier alpha value is -0.660. The highest BCUT2D eigenvalue weighted by Crippen LogP contribution is 2.19. The Labute approximate surface area is 137 Å². The molecule has 0 unspecified atom stereocenters. The summed E-state index contributed by atoms with van der Waals surface area (Å²) in [7, 11) is 0. The Morgan fingerprint density at radius 3 is 2.75 bits per heavy atom. The maximum atomic E-state index is 9.16. The molecule has 0 fully saturated rings. The molecule has 0 atom stereocenters. The maximum Gasteiger partial charge on any atom is 0.180 e. The summed E-state index contributed by atoms with van der Waals surface area (Å²) >= 11 is 4.96. The van der Waals surface area contributed by atoms with E-state index in [1.165, 1.54) is 16.9 Å². The van der Waals surface area contributed by atoms with E-state index in [-0.39, 0.29) is 19.0 Å². The van der Waals surface area contributed by atoms with E-state index in [4.69, 9.17) is 10.8 Å². The fourth-order valence-corrected chi connectivity index (χ4v) is 3.04. The van der Waals surface area contributed by atoms with Crippen molar-refractivity contribution in [2.45, 2.75) is 13.1 Å². The molecule has 2 rings (SSSR count). The van der Waals surface area contributed by atoms with E-state index in [9.17, 15) is 0 Å². The Kier molecular flexibility index (Phi) is 7.47. The van der Waals surface area contributed by atoms with Crippen LogP contribution >= 0.6 is 39.7 Å². The lowest BCUT2D eigenvalue weighted by Crippen LogP contribution is -2.25. The second-order valence-corrected chi connectivity index (χ2v) is 6.29. The molecule has 20 heavy (non-hydrogen) atoms. The molecular formula is C13H17BrClN3OS. The number of benzene rings is 1. The number of anilines is 1. The topological polar surface area (TPSA) is 62.4 Å². The van der Waals surface area contributed by atoms with Crippen LogP contribution in [0.1, 0.15) is 10.4 Å². The molecule has 0 bridgehead atoms. The van der Waals surface area contributed by atoms with Crippen molar-refractivity contribution in [3.8, 4) is 0 Å². The number of nitrogens with zero attached hydrogens (tertiary/aromatic N) is 2. The summed E-state index contributed by atoms with van der Waals surface area (Å²) in [6, 6.07) is 8.19. The van der Waals surface area contributed by atoms with Crippen LogP contribution in [-0.2, 0) is 13.1 Å². The number of hydrogen-bond donors (Lipinski definition) is 2. The number of thiazole rings is 1. The zero-order chi connectivity index (χ0) is 13.7. The summed E-state index contributed by atoms with van der Waals surface area (Å²) < 4.78 is 1.07. The van der Waals surface area contributed by atoms with Crippen molar-refractivity contribution in [1.29, 1.82) is 0 Å². The first-order valence-electron chi connectivity index (χ1n) is 5.95. The Morgan fingerprint density at radius 1 is 1.35 bits per heavy atom. The summed E-state index contributed by atoms with van der Waals surface area (Å²) in [5.41, 5.74) is 6.84. The van der Waals surface area contributed by atoms with Crippen LogP contribution in [-0.4, -0.2) is 28.1 Å². The van der Waals surface area contributed by atoms with Crippen molar-refractivity contribution in [1.82, 2.24) is 9.88 Å². The molecule has 110 valence electrons. The van der Waals surface area contributed by atoms with Crippen LogP contribution in [0.5, 0.6) is 0 Å². The molecule has 0 aliphatic rings. The lowest BCUT2D eigenvalue weighted by atomic mass is 10.2. The molecule has 2 aromatic rings. The van der Waals surface area contributed by atoms with E-state index < -0.39 is 0 Å². The van der Waals surface area contributed by atoms with Crippen LogP contribution in [0, 0.1) is 0 Å². The van der Waals surface area contributed by atoms with Crippen LogP contribution < -0.4 is 5.73 Å². The standard InChI is InChI=1S/C13H16BrN3OS.ClH/c14-11-3-1-2-10(6-11)8-17(4-5-18)9-12-7-16-13(15)19-12;/h1-3,6-7,18H,4-5,8-9H2,(H2,15,16);1H. The molecule has 0 saturated heterocycles. The normalized spacial score (nSPS) is 10.6. The van der Waals surface area contributed by atoms with Gasteiger partial charge in [-0.2, -0.15) is 0 Å². The first-order valence-corrected chi connectivity index (χ1v) is 7.56. The largest absolute Gasteiger partial charge is 0.395 e. The quantitative estimate of drug-likeness (QED) is 0.811. The number of nitrogen functional groups attached to an aromatic ring is 1. The molecule has 0 radical (unpaired) electrons. The van der Waals surface area contributed by atoms with Gasteiger partial charge in [-0.05, 0) is 17.7 Å². The van der Waals surface area contributed by atoms with E-state index in [2.05, 4.69) is 37.9 Å². The van der Waals surface area contributed by atoms with Gasteiger partial charge in [0.2, 0.25) is 0 Å². The van der Waals surface area contributed by atoms with Gasteiger partial charge in [0.15, 0.2) is 5.13 Å². The number of aliphatic hydroxyl groups excluding tert-OH is 1. The molecule has 3 N–H and O–H groups in total. The number of aromatic nitrogens is 1. The van der Waals surface area contributed by atoms with Crippen LogP contribution in [0.3, 0.4) is 0 Å². The Bertz CT molecular complexity index is 538. The number of aliphatic hydroxyl groups is 1. The first kappa shape index (κ1) is 17.4. The third kappa shape index (κ3) is 5.38. The summed E-state index contributed by atoms with van der Waals surface area (Å²) in [6.07, 6.45) is 1.80. The highest BCUT2D eigenvalue weighted by Gasteiger charge is 2.09. The van der Waals surface area contributed by atoms with Crippen LogP contribution in [0.4, 0.5) is 5.13 Å². The molecule has 4 nitrogen and oxygen atoms in total. The average molecular weight is 379 g/mol. The van der Waals surface area contributed by atoms with Crippen molar-refractivity contribution < 1.29 is 5.11 Å². The van der Waals surface area contributed by atoms with Crippen LogP contribution in [0.25, 0.3) is 0 Å². The van der Waals surface area contributed by atoms with Crippen molar-refractivity contribution in [2.24, 2.45) is 0 Å². The predicted molar refractivity (Wildman–Crippen MR) is 89.1 cm³/mol. The summed E-state index contributed by atoms with van der Waals surface area (Å²) in [5, 5.41) is 9.75. The van der Waals surface area contributed by atoms with Crippen molar-refractivity contribution in [3.05, 3.63) is 45.4 Å². The molecule has 1 aromatic carbocycles. The highest BCUT2D eigenvalue weighted by molar-refractivity contribution is 9.10. The number of halogens is 2. The second kappa shape index (κ2) is 8.59. The fraction of sp³-hybridized carbons (Fsp3) is 0.308. The third-order valence-corrected chi connectivity index (χ3v) is 3.97. The highest BCUT2D eigenvalue weighted by atomic mass is 79.9. The minimum atomic E-state index is 0. The van der Waals surface area contributed by atoms with Crippen molar-refractivity contribution >= 4 is 44.8 Å². The van der Waals surface area contributed by atoms with Gasteiger partial charge < -0.3 is 10.8 Å². The second-order valence-electron chi connectivity index (χ2n) is 4.23. The number of hydrogen-bond acceptors (Lipinski definition) is 5. The molecule has 0 spiro atoms. The molecule has 1 heterocycles. The van der Waals surface area contributed by atoms with Gasteiger partial charge in [0.25, 0.3) is 0 Å². The molecule has 1 aromatic heterocycles. The van der Waals surface area contributed by atoms with E-state index in [1.54, 1.807) is 6.20 Å². The van der Waals surface area contributed by atoms with E-state index in [0.717, 1.165) is 22.4 Å². The monoisotopic (exact) mass is 377 g/mol. The van der Waals surface area contributed by atoms with Gasteiger partial charge in [-0.15, -0.1) is 23.7 Å². The molecule has 0 amide bonds. The van der Waals surface area contributed by atoms with Crippen molar-refractivity contribution in [2.75, 3.05) is 18.9 Å². The zero-order valence-corrected chi connectivity index (χ0v) is 14.0. The molecule has 0 aliphatic heterocycles. The SMILES string of the molecule is Cl.Nc1ncc(CN(CCO)Cc2cccc(Br)c2)s1. The van der Waals surface area contributed by atoms with Gasteiger partial charge in [0, 0.05) is 35.2 Å². The van der Waals surface area contributed by atoms with E-state index in [0.29, 0.717) is 11.7 Å². The number of rotatable bonds is 6. The van der Waals surface area contributed by atoms with E-state index >= 15 is 0 Å². The fourth-order valence-electron chi connectivity index (χ4n) is 1.87.